The Morgan fingerprint density at radius 3 is 1.13 bits per heavy atom. The van der Waals surface area contributed by atoms with E-state index in [4.69, 9.17) is 39.2 Å². The molecule has 0 saturated heterocycles. The molecule has 0 radical (unpaired) electrons. The molecule has 238 valence electrons. The summed E-state index contributed by atoms with van der Waals surface area (Å²) in [6, 6.07) is 14.9. The van der Waals surface area contributed by atoms with Gasteiger partial charge in [-0.15, -0.1) is 0 Å². The first kappa shape index (κ1) is 39.9. The fourth-order valence-corrected chi connectivity index (χ4v) is 3.65. The van der Waals surface area contributed by atoms with Crippen LogP contribution in [0.4, 0.5) is 0 Å². The number of carboxylic acids is 3. The van der Waals surface area contributed by atoms with Crippen molar-refractivity contribution in [3.8, 4) is 56.6 Å². The fraction of sp³-hybridized carbons (Fsp3) is 0.219. The second kappa shape index (κ2) is 19.2. The molecule has 0 bridgehead atoms. The van der Waals surface area contributed by atoms with Crippen molar-refractivity contribution in [2.24, 2.45) is 0 Å². The van der Waals surface area contributed by atoms with Gasteiger partial charge in [-0.2, -0.15) is 0 Å². The number of carboxylic acid groups (broad SMARTS) is 3. The van der Waals surface area contributed by atoms with Crippen molar-refractivity contribution in [1.29, 1.82) is 0 Å². The minimum atomic E-state index is -1.08. The number of phenols is 2. The second-order valence-corrected chi connectivity index (χ2v) is 9.07. The summed E-state index contributed by atoms with van der Waals surface area (Å²) in [5.74, 6) is -2.22. The van der Waals surface area contributed by atoms with E-state index in [2.05, 4.69) is 9.97 Å². The molecule has 0 aliphatic heterocycles. The zero-order valence-corrected chi connectivity index (χ0v) is 26.9. The third kappa shape index (κ3) is 13.4. The Labute approximate surface area is 271 Å². The Balaban J connectivity index is 0.00000128. The summed E-state index contributed by atoms with van der Waals surface area (Å²) < 4.78 is 10.5. The van der Waals surface area contributed by atoms with Gasteiger partial charge in [-0.1, -0.05) is 12.1 Å². The molecule has 0 unspecified atom stereocenters. The predicted octanol–water partition coefficient (Wildman–Crippen LogP) is 1.79. The molecule has 4 aromatic rings. The normalized spacial score (nSPS) is 9.31. The molecule has 0 atom stereocenters. The van der Waals surface area contributed by atoms with E-state index in [0.717, 1.165) is 43.0 Å². The molecule has 0 spiro atoms. The van der Waals surface area contributed by atoms with E-state index in [1.54, 1.807) is 24.5 Å². The average molecular weight is 661 g/mol. The van der Waals surface area contributed by atoms with Gasteiger partial charge in [0.25, 0.3) is 0 Å². The van der Waals surface area contributed by atoms with Crippen molar-refractivity contribution in [3.05, 3.63) is 72.1 Å². The predicted molar refractivity (Wildman–Crippen MR) is 156 cm³/mol. The van der Waals surface area contributed by atoms with Gasteiger partial charge in [-0.05, 0) is 82.1 Å². The Morgan fingerprint density at radius 1 is 0.622 bits per heavy atom. The van der Waals surface area contributed by atoms with E-state index in [9.17, 15) is 10.2 Å². The van der Waals surface area contributed by atoms with Crippen molar-refractivity contribution in [3.63, 3.8) is 0 Å². The molecular formula is C32H33MnN2O10. The molecule has 0 amide bonds. The van der Waals surface area contributed by atoms with Crippen LogP contribution in [0, 0.1) is 13.8 Å². The zero-order chi connectivity index (χ0) is 33.6. The standard InChI is InChI=1S/C26H24N2O4.3C2H4O2.Mn/c1-15-9-19(25(29)23(11-15)31-3)17-5-7-21(27-13-17)22-8-6-18(14-28-22)20-10-16(2)12-24(32-4)26(20)30;3*1-2(3)4;/h5-14,29-30H,1-4H3;3*1H3,(H,3,4);/q;;;;+3/p-3. The number of rotatable bonds is 5. The number of benzene rings is 2. The minimum Gasteiger partial charge on any atom is -0.550 e. The maximum atomic E-state index is 10.5. The van der Waals surface area contributed by atoms with Gasteiger partial charge < -0.3 is 49.4 Å². The number of aryl methyl sites for hydroxylation is 2. The van der Waals surface area contributed by atoms with Crippen molar-refractivity contribution in [2.45, 2.75) is 34.6 Å². The molecule has 13 heteroatoms. The van der Waals surface area contributed by atoms with E-state index in [-0.39, 0.29) is 28.6 Å². The van der Waals surface area contributed by atoms with Crippen LogP contribution in [0.25, 0.3) is 33.6 Å². The summed E-state index contributed by atoms with van der Waals surface area (Å²) in [5.41, 5.74) is 6.24. The Morgan fingerprint density at radius 2 is 0.911 bits per heavy atom. The van der Waals surface area contributed by atoms with Gasteiger partial charge in [0.05, 0.1) is 25.6 Å². The number of nitrogens with zero attached hydrogens (tertiary/aromatic N) is 2. The molecule has 0 aliphatic rings. The van der Waals surface area contributed by atoms with Crippen LogP contribution in [0.3, 0.4) is 0 Å². The number of methoxy groups -OCH3 is 2. The molecule has 2 aromatic carbocycles. The molecular weight excluding hydrogens is 627 g/mol. The summed E-state index contributed by atoms with van der Waals surface area (Å²) in [6.45, 7) is 6.81. The van der Waals surface area contributed by atoms with Crippen LogP contribution in [-0.4, -0.2) is 52.3 Å². The number of aromatic hydroxyl groups is 2. The Kier molecular flexibility index (Phi) is 17.0. The van der Waals surface area contributed by atoms with Crippen LogP contribution in [-0.2, 0) is 31.5 Å². The summed E-state index contributed by atoms with van der Waals surface area (Å²) in [6.07, 6.45) is 3.41. The van der Waals surface area contributed by atoms with Gasteiger partial charge >= 0.3 is 17.1 Å². The monoisotopic (exact) mass is 660 g/mol. The largest absolute Gasteiger partial charge is 3.00 e. The van der Waals surface area contributed by atoms with Crippen molar-refractivity contribution < 1.29 is 66.5 Å². The van der Waals surface area contributed by atoms with Gasteiger partial charge in [0.1, 0.15) is 0 Å². The minimum absolute atomic E-state index is 0. The van der Waals surface area contributed by atoms with Gasteiger partial charge in [0.2, 0.25) is 0 Å². The third-order valence-electron chi connectivity index (χ3n) is 5.29. The SMILES string of the molecule is CC(=O)[O-].CC(=O)[O-].CC(=O)[O-].COc1cc(C)cc(-c2ccc(-c3ccc(-c4cc(C)cc(OC)c4O)cn3)nc2)c1O.[Mn+3]. The zero-order valence-electron chi connectivity index (χ0n) is 25.7. The Hall–Kier alpha value is -5.13. The molecule has 2 heterocycles. The number of phenolic OH excluding ortho intramolecular Hbond substituents is 2. The smallest absolute Gasteiger partial charge is 0.550 e. The number of ether oxygens (including phenoxy) is 2. The molecule has 4 rings (SSSR count). The van der Waals surface area contributed by atoms with Crippen molar-refractivity contribution in [2.75, 3.05) is 14.2 Å². The summed E-state index contributed by atoms with van der Waals surface area (Å²) in [7, 11) is 3.06. The van der Waals surface area contributed by atoms with Crippen molar-refractivity contribution >= 4 is 17.9 Å². The number of pyridine rings is 2. The van der Waals surface area contributed by atoms with Gasteiger partial charge in [-0.25, -0.2) is 0 Å². The van der Waals surface area contributed by atoms with Gasteiger partial charge in [0.15, 0.2) is 23.0 Å². The summed E-state index contributed by atoms with van der Waals surface area (Å²) in [4.78, 5) is 35.7. The maximum Gasteiger partial charge on any atom is 3.00 e. The van der Waals surface area contributed by atoms with E-state index in [1.807, 2.05) is 50.2 Å². The van der Waals surface area contributed by atoms with E-state index in [1.165, 1.54) is 14.2 Å². The first-order valence-corrected chi connectivity index (χ1v) is 12.8. The number of hydrogen-bond acceptors (Lipinski definition) is 12. The molecule has 12 nitrogen and oxygen atoms in total. The molecule has 0 saturated carbocycles. The van der Waals surface area contributed by atoms with Crippen LogP contribution in [0.5, 0.6) is 23.0 Å². The van der Waals surface area contributed by atoms with E-state index in [0.29, 0.717) is 34.0 Å². The van der Waals surface area contributed by atoms with Crippen LogP contribution in [0.2, 0.25) is 0 Å². The van der Waals surface area contributed by atoms with E-state index >= 15 is 0 Å². The second-order valence-electron chi connectivity index (χ2n) is 9.07. The molecule has 0 fully saturated rings. The van der Waals surface area contributed by atoms with Crippen LogP contribution in [0.15, 0.2) is 60.9 Å². The number of aliphatic carboxylic acids is 3. The van der Waals surface area contributed by atoms with Crippen LogP contribution in [0.1, 0.15) is 31.9 Å². The first-order valence-electron chi connectivity index (χ1n) is 12.8. The van der Waals surface area contributed by atoms with Gasteiger partial charge in [-0.3, -0.25) is 9.97 Å². The van der Waals surface area contributed by atoms with E-state index < -0.39 is 17.9 Å². The Bertz CT molecular complexity index is 1430. The number of carbonyl (C=O) groups excluding carboxylic acids is 3. The topological polar surface area (TPSA) is 205 Å². The van der Waals surface area contributed by atoms with Crippen LogP contribution >= 0.6 is 0 Å². The average Bonchev–Trinajstić information content (AvgIpc) is 2.94. The van der Waals surface area contributed by atoms with Crippen LogP contribution < -0.4 is 24.8 Å². The fourth-order valence-electron chi connectivity index (χ4n) is 3.65. The molecule has 2 N–H and O–H groups in total. The summed E-state index contributed by atoms with van der Waals surface area (Å²) in [5, 5.41) is 47.6. The first-order chi connectivity index (χ1) is 20.6. The number of aromatic nitrogens is 2. The maximum absolute atomic E-state index is 10.5. The molecule has 2 aromatic heterocycles. The summed E-state index contributed by atoms with van der Waals surface area (Å²) >= 11 is 0. The van der Waals surface area contributed by atoms with Crippen molar-refractivity contribution in [1.82, 2.24) is 9.97 Å². The van der Waals surface area contributed by atoms with Gasteiger partial charge in [0, 0.05) is 52.6 Å². The molecule has 45 heavy (non-hydrogen) atoms. The number of hydrogen-bond donors (Lipinski definition) is 2. The molecule has 0 aliphatic carbocycles. The quantitative estimate of drug-likeness (QED) is 0.294. The number of carbonyl (C=O) groups is 3. The third-order valence-corrected chi connectivity index (χ3v) is 5.29.